The van der Waals surface area contributed by atoms with E-state index in [1.807, 2.05) is 6.92 Å². The molecule has 32 heavy (non-hydrogen) atoms. The van der Waals surface area contributed by atoms with Crippen molar-refractivity contribution in [1.82, 2.24) is 5.32 Å². The zero-order valence-electron chi connectivity index (χ0n) is 19.0. The van der Waals surface area contributed by atoms with Gasteiger partial charge >= 0.3 is 24.1 Å². The molecule has 1 aromatic rings. The van der Waals surface area contributed by atoms with Crippen LogP contribution in [0.25, 0.3) is 0 Å². The standard InChI is InChI=1S/C22H31NO9/c1-6-7-13(2)29-22(28)30-14(3)12-23-18(21(26)27)10-17-8-9-19(31-15(4)24)20(11-17)32-16(5)25/h8-9,11,13-14,18,23H,6-7,10,12H2,1-5H3,(H,26,27)/t13?,14?,18-/m0/s1. The Bertz CT molecular complexity index is 809. The van der Waals surface area contributed by atoms with Gasteiger partial charge in [-0.25, -0.2) is 4.79 Å². The highest BCUT2D eigenvalue weighted by Gasteiger charge is 2.22. The summed E-state index contributed by atoms with van der Waals surface area (Å²) < 4.78 is 20.3. The van der Waals surface area contributed by atoms with Crippen molar-refractivity contribution in [2.75, 3.05) is 6.54 Å². The fourth-order valence-corrected chi connectivity index (χ4v) is 2.81. The van der Waals surface area contributed by atoms with Gasteiger partial charge in [-0.1, -0.05) is 19.4 Å². The average molecular weight is 453 g/mol. The van der Waals surface area contributed by atoms with Gasteiger partial charge in [-0.15, -0.1) is 0 Å². The molecule has 3 atom stereocenters. The van der Waals surface area contributed by atoms with Crippen LogP contribution in [0.15, 0.2) is 18.2 Å². The summed E-state index contributed by atoms with van der Waals surface area (Å²) in [5.41, 5.74) is 0.526. The lowest BCUT2D eigenvalue weighted by Crippen LogP contribution is -2.42. The number of hydrogen-bond acceptors (Lipinski definition) is 9. The Balaban J connectivity index is 2.76. The Morgan fingerprint density at radius 1 is 0.969 bits per heavy atom. The van der Waals surface area contributed by atoms with Crippen molar-refractivity contribution in [2.45, 2.75) is 72.1 Å². The average Bonchev–Trinajstić information content (AvgIpc) is 2.65. The van der Waals surface area contributed by atoms with Crippen molar-refractivity contribution in [1.29, 1.82) is 0 Å². The third kappa shape index (κ3) is 10.3. The number of carboxylic acid groups (broad SMARTS) is 1. The summed E-state index contributed by atoms with van der Waals surface area (Å²) in [5, 5.41) is 12.4. The number of nitrogens with one attached hydrogen (secondary N) is 1. The van der Waals surface area contributed by atoms with E-state index in [-0.39, 0.29) is 30.6 Å². The maximum atomic E-state index is 11.8. The van der Waals surface area contributed by atoms with Crippen molar-refractivity contribution < 1.29 is 43.2 Å². The monoisotopic (exact) mass is 453 g/mol. The second kappa shape index (κ2) is 13.3. The smallest absolute Gasteiger partial charge is 0.480 e. The number of hydrogen-bond donors (Lipinski definition) is 2. The molecule has 1 rings (SSSR count). The predicted molar refractivity (Wildman–Crippen MR) is 114 cm³/mol. The molecule has 0 amide bonds. The SMILES string of the molecule is CCCC(C)OC(=O)OC(C)CN[C@@H](Cc1ccc(OC(C)=O)c(OC(C)=O)c1)C(=O)O. The first-order valence-corrected chi connectivity index (χ1v) is 10.3. The molecule has 0 aliphatic rings. The first kappa shape index (κ1) is 26.9. The first-order chi connectivity index (χ1) is 15.0. The maximum absolute atomic E-state index is 11.8. The molecule has 2 unspecified atom stereocenters. The summed E-state index contributed by atoms with van der Waals surface area (Å²) in [6, 6.07) is 3.41. The minimum absolute atomic E-state index is 0.00925. The van der Waals surface area contributed by atoms with Gasteiger partial charge in [0.15, 0.2) is 11.5 Å². The highest BCUT2D eigenvalue weighted by molar-refractivity contribution is 5.75. The quantitative estimate of drug-likeness (QED) is 0.359. The number of esters is 2. The molecule has 178 valence electrons. The highest BCUT2D eigenvalue weighted by atomic mass is 16.7. The van der Waals surface area contributed by atoms with Crippen molar-refractivity contribution in [3.05, 3.63) is 23.8 Å². The van der Waals surface area contributed by atoms with Gasteiger partial charge in [-0.05, 0) is 44.4 Å². The van der Waals surface area contributed by atoms with E-state index in [1.165, 1.54) is 26.0 Å². The molecule has 0 spiro atoms. The predicted octanol–water partition coefficient (Wildman–Crippen LogP) is 2.85. The van der Waals surface area contributed by atoms with Gasteiger partial charge in [0.2, 0.25) is 0 Å². The van der Waals surface area contributed by atoms with E-state index in [0.717, 1.165) is 6.42 Å². The van der Waals surface area contributed by atoms with E-state index < -0.39 is 36.2 Å². The topological polar surface area (TPSA) is 137 Å². The van der Waals surface area contributed by atoms with E-state index in [4.69, 9.17) is 18.9 Å². The van der Waals surface area contributed by atoms with Crippen molar-refractivity contribution in [3.63, 3.8) is 0 Å². The van der Waals surface area contributed by atoms with Crippen LogP contribution in [0, 0.1) is 0 Å². The van der Waals surface area contributed by atoms with Crippen molar-refractivity contribution in [3.8, 4) is 11.5 Å². The van der Waals surface area contributed by atoms with Crippen LogP contribution in [-0.2, 0) is 30.3 Å². The van der Waals surface area contributed by atoms with Crippen LogP contribution >= 0.6 is 0 Å². The molecule has 0 aromatic heterocycles. The Morgan fingerprint density at radius 2 is 1.56 bits per heavy atom. The zero-order valence-corrected chi connectivity index (χ0v) is 19.0. The molecule has 1 aromatic carbocycles. The summed E-state index contributed by atoms with van der Waals surface area (Å²) in [6.07, 6.45) is -0.0724. The fraction of sp³-hybridized carbons (Fsp3) is 0.545. The molecule has 0 aliphatic heterocycles. The number of ether oxygens (including phenoxy) is 4. The molecule has 0 saturated carbocycles. The number of carbonyl (C=O) groups excluding carboxylic acids is 3. The minimum atomic E-state index is -1.12. The van der Waals surface area contributed by atoms with Gasteiger partial charge in [0, 0.05) is 20.4 Å². The summed E-state index contributed by atoms with van der Waals surface area (Å²) in [5.74, 6) is -2.26. The molecule has 2 N–H and O–H groups in total. The van der Waals surface area contributed by atoms with Gasteiger partial charge in [-0.2, -0.15) is 0 Å². The molecular weight excluding hydrogens is 422 g/mol. The second-order valence-corrected chi connectivity index (χ2v) is 7.37. The molecule has 0 radical (unpaired) electrons. The number of carboxylic acids is 1. The molecular formula is C22H31NO9. The molecule has 0 heterocycles. The third-order valence-electron chi connectivity index (χ3n) is 4.20. The first-order valence-electron chi connectivity index (χ1n) is 10.3. The Hall–Kier alpha value is -3.14. The Labute approximate surface area is 187 Å². The zero-order chi connectivity index (χ0) is 24.3. The van der Waals surface area contributed by atoms with Gasteiger partial charge in [-0.3, -0.25) is 14.4 Å². The van der Waals surface area contributed by atoms with Gasteiger partial charge in [0.05, 0.1) is 0 Å². The van der Waals surface area contributed by atoms with Crippen LogP contribution in [0.1, 0.15) is 53.0 Å². The van der Waals surface area contributed by atoms with Crippen LogP contribution in [0.3, 0.4) is 0 Å². The second-order valence-electron chi connectivity index (χ2n) is 7.37. The van der Waals surface area contributed by atoms with Crippen LogP contribution in [0.2, 0.25) is 0 Å². The minimum Gasteiger partial charge on any atom is -0.480 e. The summed E-state index contributed by atoms with van der Waals surface area (Å²) in [7, 11) is 0. The van der Waals surface area contributed by atoms with E-state index in [2.05, 4.69) is 5.32 Å². The largest absolute Gasteiger partial charge is 0.508 e. The summed E-state index contributed by atoms with van der Waals surface area (Å²) in [4.78, 5) is 46.0. The number of aliphatic carboxylic acids is 1. The van der Waals surface area contributed by atoms with Crippen LogP contribution in [0.5, 0.6) is 11.5 Å². The maximum Gasteiger partial charge on any atom is 0.508 e. The molecule has 0 bridgehead atoms. The number of carbonyl (C=O) groups is 4. The molecule has 10 nitrogen and oxygen atoms in total. The molecule has 0 aliphatic carbocycles. The molecule has 0 saturated heterocycles. The summed E-state index contributed by atoms with van der Waals surface area (Å²) >= 11 is 0. The van der Waals surface area contributed by atoms with Gasteiger partial charge < -0.3 is 29.4 Å². The lowest BCUT2D eigenvalue weighted by Gasteiger charge is -2.20. The highest BCUT2D eigenvalue weighted by Crippen LogP contribution is 2.29. The van der Waals surface area contributed by atoms with Gasteiger partial charge in [0.25, 0.3) is 0 Å². The van der Waals surface area contributed by atoms with E-state index >= 15 is 0 Å². The van der Waals surface area contributed by atoms with Gasteiger partial charge in [0.1, 0.15) is 18.2 Å². The van der Waals surface area contributed by atoms with E-state index in [9.17, 15) is 24.3 Å². The lowest BCUT2D eigenvalue weighted by molar-refractivity contribution is -0.139. The van der Waals surface area contributed by atoms with Crippen molar-refractivity contribution in [2.24, 2.45) is 0 Å². The van der Waals surface area contributed by atoms with E-state index in [1.54, 1.807) is 19.9 Å². The van der Waals surface area contributed by atoms with E-state index in [0.29, 0.717) is 12.0 Å². The third-order valence-corrected chi connectivity index (χ3v) is 4.20. The Morgan fingerprint density at radius 3 is 2.12 bits per heavy atom. The molecule has 10 heteroatoms. The fourth-order valence-electron chi connectivity index (χ4n) is 2.81. The Kier molecular flexibility index (Phi) is 11.2. The summed E-state index contributed by atoms with van der Waals surface area (Å²) in [6.45, 7) is 7.84. The van der Waals surface area contributed by atoms with Crippen LogP contribution in [-0.4, -0.2) is 54.0 Å². The number of benzene rings is 1. The van der Waals surface area contributed by atoms with Crippen LogP contribution < -0.4 is 14.8 Å². The van der Waals surface area contributed by atoms with Crippen molar-refractivity contribution >= 4 is 24.1 Å². The van der Waals surface area contributed by atoms with Crippen LogP contribution in [0.4, 0.5) is 4.79 Å². The molecule has 0 fully saturated rings. The number of rotatable bonds is 12. The lowest BCUT2D eigenvalue weighted by atomic mass is 10.0. The normalized spacial score (nSPS) is 13.4.